The van der Waals surface area contributed by atoms with Crippen molar-refractivity contribution in [3.8, 4) is 11.4 Å². The van der Waals surface area contributed by atoms with E-state index in [1.54, 1.807) is 0 Å². The molecule has 1 amide bonds. The van der Waals surface area contributed by atoms with Crippen LogP contribution in [0.25, 0.3) is 11.4 Å². The molecule has 0 N–H and O–H groups in total. The molecule has 5 nitrogen and oxygen atoms in total. The average Bonchev–Trinajstić information content (AvgIpc) is 3.13. The van der Waals surface area contributed by atoms with E-state index in [9.17, 15) is 4.79 Å². The van der Waals surface area contributed by atoms with Crippen molar-refractivity contribution in [3.05, 3.63) is 36.2 Å². The van der Waals surface area contributed by atoms with Crippen LogP contribution < -0.4 is 0 Å². The van der Waals surface area contributed by atoms with Crippen LogP contribution in [0.3, 0.4) is 0 Å². The predicted octanol–water partition coefficient (Wildman–Crippen LogP) is 4.02. The van der Waals surface area contributed by atoms with Gasteiger partial charge in [-0.05, 0) is 19.3 Å². The molecule has 0 spiro atoms. The van der Waals surface area contributed by atoms with Gasteiger partial charge in [-0.2, -0.15) is 4.98 Å². The van der Waals surface area contributed by atoms with Crippen LogP contribution in [0.4, 0.5) is 0 Å². The van der Waals surface area contributed by atoms with E-state index in [-0.39, 0.29) is 11.8 Å². The van der Waals surface area contributed by atoms with E-state index in [0.29, 0.717) is 24.7 Å². The first-order chi connectivity index (χ1) is 11.8. The standard InChI is InChI=1S/C19H25N3O2/c1-2-3-5-12-17(23)22-13-8-11-16(14-22)19-20-18(21-24-19)15-9-6-4-7-10-15/h4,6-7,9-10,16H,2-3,5,8,11-14H2,1H3/t16-/m0/s1. The number of amides is 1. The number of hydrogen-bond acceptors (Lipinski definition) is 4. The fraction of sp³-hybridized carbons (Fsp3) is 0.526. The molecule has 2 aromatic rings. The number of hydrogen-bond donors (Lipinski definition) is 0. The lowest BCUT2D eigenvalue weighted by Crippen LogP contribution is -2.39. The van der Waals surface area contributed by atoms with Gasteiger partial charge < -0.3 is 9.42 Å². The summed E-state index contributed by atoms with van der Waals surface area (Å²) in [5.74, 6) is 1.69. The second kappa shape index (κ2) is 8.08. The number of aromatic nitrogens is 2. The third kappa shape index (κ3) is 4.02. The Kier molecular flexibility index (Phi) is 5.62. The van der Waals surface area contributed by atoms with E-state index in [2.05, 4.69) is 17.1 Å². The normalized spacial score (nSPS) is 17.9. The first kappa shape index (κ1) is 16.7. The maximum absolute atomic E-state index is 12.3. The zero-order valence-corrected chi connectivity index (χ0v) is 14.3. The average molecular weight is 327 g/mol. The van der Waals surface area contributed by atoms with Crippen molar-refractivity contribution in [1.82, 2.24) is 15.0 Å². The van der Waals surface area contributed by atoms with Crippen LogP contribution in [0.1, 0.15) is 57.3 Å². The predicted molar refractivity (Wildman–Crippen MR) is 92.4 cm³/mol. The molecule has 0 radical (unpaired) electrons. The molecule has 1 aliphatic rings. The van der Waals surface area contributed by atoms with Crippen LogP contribution in [0.15, 0.2) is 34.9 Å². The summed E-state index contributed by atoms with van der Waals surface area (Å²) in [5.41, 5.74) is 0.954. The largest absolute Gasteiger partial charge is 0.342 e. The molecule has 0 bridgehead atoms. The summed E-state index contributed by atoms with van der Waals surface area (Å²) in [6.45, 7) is 3.70. The van der Waals surface area contributed by atoms with E-state index in [0.717, 1.165) is 44.2 Å². The Balaban J connectivity index is 1.63. The molecule has 5 heteroatoms. The minimum atomic E-state index is 0.152. The van der Waals surface area contributed by atoms with Gasteiger partial charge in [0.05, 0.1) is 5.92 Å². The molecule has 128 valence electrons. The van der Waals surface area contributed by atoms with Crippen molar-refractivity contribution in [1.29, 1.82) is 0 Å². The van der Waals surface area contributed by atoms with Crippen LogP contribution in [0.2, 0.25) is 0 Å². The highest BCUT2D eigenvalue weighted by molar-refractivity contribution is 5.76. The van der Waals surface area contributed by atoms with E-state index < -0.39 is 0 Å². The maximum Gasteiger partial charge on any atom is 0.231 e. The summed E-state index contributed by atoms with van der Waals surface area (Å²) in [7, 11) is 0. The molecule has 0 unspecified atom stereocenters. The van der Waals surface area contributed by atoms with Gasteiger partial charge in [0.25, 0.3) is 0 Å². The molecule has 1 saturated heterocycles. The number of piperidine rings is 1. The topological polar surface area (TPSA) is 59.2 Å². The second-order valence-electron chi connectivity index (χ2n) is 6.46. The third-order valence-electron chi connectivity index (χ3n) is 4.59. The van der Waals surface area contributed by atoms with Gasteiger partial charge in [-0.1, -0.05) is 55.3 Å². The van der Waals surface area contributed by atoms with Crippen molar-refractivity contribution in [2.75, 3.05) is 13.1 Å². The molecule has 1 fully saturated rings. The zero-order valence-electron chi connectivity index (χ0n) is 14.3. The first-order valence-electron chi connectivity index (χ1n) is 8.94. The Hall–Kier alpha value is -2.17. The molecule has 0 aliphatic carbocycles. The Morgan fingerprint density at radius 2 is 2.12 bits per heavy atom. The Morgan fingerprint density at radius 3 is 2.92 bits per heavy atom. The summed E-state index contributed by atoms with van der Waals surface area (Å²) >= 11 is 0. The molecule has 0 saturated carbocycles. The molecule has 1 atom stereocenters. The molecule has 2 heterocycles. The van der Waals surface area contributed by atoms with Crippen LogP contribution in [0.5, 0.6) is 0 Å². The lowest BCUT2D eigenvalue weighted by Gasteiger charge is -2.31. The lowest BCUT2D eigenvalue weighted by atomic mass is 9.97. The van der Waals surface area contributed by atoms with Crippen molar-refractivity contribution < 1.29 is 9.32 Å². The molecular formula is C19H25N3O2. The van der Waals surface area contributed by atoms with Crippen LogP contribution in [-0.4, -0.2) is 34.0 Å². The summed E-state index contributed by atoms with van der Waals surface area (Å²) in [5, 5.41) is 4.10. The van der Waals surface area contributed by atoms with Gasteiger partial charge in [-0.15, -0.1) is 0 Å². The van der Waals surface area contributed by atoms with Crippen molar-refractivity contribution in [2.45, 2.75) is 51.4 Å². The number of rotatable bonds is 6. The highest BCUT2D eigenvalue weighted by atomic mass is 16.5. The number of carbonyl (C=O) groups excluding carboxylic acids is 1. The van der Waals surface area contributed by atoms with Gasteiger partial charge >= 0.3 is 0 Å². The molecule has 3 rings (SSSR count). The molecular weight excluding hydrogens is 302 g/mol. The third-order valence-corrected chi connectivity index (χ3v) is 4.59. The van der Waals surface area contributed by atoms with Crippen molar-refractivity contribution in [3.63, 3.8) is 0 Å². The highest BCUT2D eigenvalue weighted by Crippen LogP contribution is 2.28. The van der Waals surface area contributed by atoms with Gasteiger partial charge in [-0.3, -0.25) is 4.79 Å². The van der Waals surface area contributed by atoms with E-state index in [4.69, 9.17) is 4.52 Å². The summed E-state index contributed by atoms with van der Waals surface area (Å²) in [6.07, 6.45) is 5.88. The minimum absolute atomic E-state index is 0.152. The van der Waals surface area contributed by atoms with Gasteiger partial charge in [-0.25, -0.2) is 0 Å². The molecule has 1 aromatic carbocycles. The zero-order chi connectivity index (χ0) is 16.8. The SMILES string of the molecule is CCCCCC(=O)N1CCC[C@H](c2nc(-c3ccccc3)no2)C1. The van der Waals surface area contributed by atoms with E-state index in [1.165, 1.54) is 0 Å². The quantitative estimate of drug-likeness (QED) is 0.752. The van der Waals surface area contributed by atoms with E-state index >= 15 is 0 Å². The maximum atomic E-state index is 12.3. The number of benzene rings is 1. The number of nitrogens with zero attached hydrogens (tertiary/aromatic N) is 3. The fourth-order valence-corrected chi connectivity index (χ4v) is 3.20. The number of likely N-dealkylation sites (tertiary alicyclic amines) is 1. The molecule has 24 heavy (non-hydrogen) atoms. The van der Waals surface area contributed by atoms with Crippen molar-refractivity contribution in [2.24, 2.45) is 0 Å². The second-order valence-corrected chi connectivity index (χ2v) is 6.46. The van der Waals surface area contributed by atoms with Gasteiger partial charge in [0.1, 0.15) is 0 Å². The van der Waals surface area contributed by atoms with E-state index in [1.807, 2.05) is 35.2 Å². The Bertz CT molecular complexity index is 654. The summed E-state index contributed by atoms with van der Waals surface area (Å²) in [4.78, 5) is 18.9. The lowest BCUT2D eigenvalue weighted by molar-refractivity contribution is -0.132. The monoisotopic (exact) mass is 327 g/mol. The Morgan fingerprint density at radius 1 is 1.29 bits per heavy atom. The Labute approximate surface area is 143 Å². The number of carbonyl (C=O) groups is 1. The van der Waals surface area contributed by atoms with Crippen LogP contribution in [-0.2, 0) is 4.79 Å². The smallest absolute Gasteiger partial charge is 0.231 e. The van der Waals surface area contributed by atoms with Crippen LogP contribution in [0, 0.1) is 0 Å². The van der Waals surface area contributed by atoms with Crippen LogP contribution >= 0.6 is 0 Å². The van der Waals surface area contributed by atoms with Gasteiger partial charge in [0.15, 0.2) is 0 Å². The minimum Gasteiger partial charge on any atom is -0.342 e. The van der Waals surface area contributed by atoms with Crippen molar-refractivity contribution >= 4 is 5.91 Å². The number of unbranched alkanes of at least 4 members (excludes halogenated alkanes) is 2. The molecule has 1 aliphatic heterocycles. The summed E-state index contributed by atoms with van der Waals surface area (Å²) < 4.78 is 5.49. The first-order valence-corrected chi connectivity index (χ1v) is 8.94. The fourth-order valence-electron chi connectivity index (χ4n) is 3.20. The summed E-state index contributed by atoms with van der Waals surface area (Å²) in [6, 6.07) is 9.83. The highest BCUT2D eigenvalue weighted by Gasteiger charge is 2.28. The van der Waals surface area contributed by atoms with Gasteiger partial charge in [0.2, 0.25) is 17.6 Å². The molecule has 1 aromatic heterocycles. The van der Waals surface area contributed by atoms with Gasteiger partial charge in [0, 0.05) is 25.1 Å².